The number of halogens is 1. The SMILES string of the molecule is CN(Cc1cc(Br)n(S(=O)c2cccc(OC3CCCCO3)c2)c1)C(=O)OC(C)(C)C. The smallest absolute Gasteiger partial charge is 0.410 e. The summed E-state index contributed by atoms with van der Waals surface area (Å²) in [6.45, 7) is 6.51. The van der Waals surface area contributed by atoms with Gasteiger partial charge in [0.25, 0.3) is 0 Å². The maximum absolute atomic E-state index is 13.2. The van der Waals surface area contributed by atoms with E-state index in [1.165, 1.54) is 4.90 Å². The average molecular weight is 513 g/mol. The molecule has 3 rings (SSSR count). The first kappa shape index (κ1) is 23.8. The molecule has 0 aliphatic carbocycles. The monoisotopic (exact) mass is 512 g/mol. The van der Waals surface area contributed by atoms with E-state index in [-0.39, 0.29) is 6.29 Å². The molecular formula is C22H29BrN2O5S. The number of ether oxygens (including phenoxy) is 3. The zero-order chi connectivity index (χ0) is 22.6. The molecule has 31 heavy (non-hydrogen) atoms. The Balaban J connectivity index is 1.69. The van der Waals surface area contributed by atoms with Crippen LogP contribution in [0.25, 0.3) is 0 Å². The third-order valence-electron chi connectivity index (χ3n) is 4.51. The number of carbonyl (C=O) groups is 1. The fraction of sp³-hybridized carbons (Fsp3) is 0.500. The Kier molecular flexibility index (Phi) is 7.82. The highest BCUT2D eigenvalue weighted by atomic mass is 79.9. The van der Waals surface area contributed by atoms with Crippen LogP contribution in [0.3, 0.4) is 0 Å². The Labute approximate surface area is 194 Å². The molecule has 1 aliphatic heterocycles. The van der Waals surface area contributed by atoms with Crippen molar-refractivity contribution in [2.75, 3.05) is 13.7 Å². The lowest BCUT2D eigenvalue weighted by atomic mass is 10.2. The molecule has 0 bridgehead atoms. The number of carbonyl (C=O) groups excluding carboxylic acids is 1. The van der Waals surface area contributed by atoms with Crippen LogP contribution in [0.2, 0.25) is 0 Å². The summed E-state index contributed by atoms with van der Waals surface area (Å²) in [5.41, 5.74) is 0.270. The third-order valence-corrected chi connectivity index (χ3v) is 6.68. The first-order valence-corrected chi connectivity index (χ1v) is 12.1. The van der Waals surface area contributed by atoms with Gasteiger partial charge in [0, 0.05) is 19.7 Å². The average Bonchev–Trinajstić information content (AvgIpc) is 3.07. The molecule has 7 nitrogen and oxygen atoms in total. The van der Waals surface area contributed by atoms with Crippen molar-refractivity contribution in [1.29, 1.82) is 0 Å². The first-order valence-electron chi connectivity index (χ1n) is 10.2. The summed E-state index contributed by atoms with van der Waals surface area (Å²) in [5, 5.41) is 0. The number of benzene rings is 1. The Morgan fingerprint density at radius 3 is 2.77 bits per heavy atom. The van der Waals surface area contributed by atoms with E-state index in [0.29, 0.717) is 28.4 Å². The zero-order valence-corrected chi connectivity index (χ0v) is 20.7. The molecule has 1 fully saturated rings. The minimum absolute atomic E-state index is 0.259. The fourth-order valence-electron chi connectivity index (χ4n) is 3.08. The fourth-order valence-corrected chi connectivity index (χ4v) is 4.96. The quantitative estimate of drug-likeness (QED) is 0.538. The second-order valence-electron chi connectivity index (χ2n) is 8.47. The van der Waals surface area contributed by atoms with Crippen LogP contribution in [0.5, 0.6) is 5.75 Å². The Morgan fingerprint density at radius 2 is 2.10 bits per heavy atom. The van der Waals surface area contributed by atoms with E-state index >= 15 is 0 Å². The molecule has 2 heterocycles. The number of nitrogens with zero attached hydrogens (tertiary/aromatic N) is 2. The number of amides is 1. The molecule has 1 saturated heterocycles. The van der Waals surface area contributed by atoms with Gasteiger partial charge in [-0.15, -0.1) is 0 Å². The van der Waals surface area contributed by atoms with Gasteiger partial charge in [-0.25, -0.2) is 9.00 Å². The zero-order valence-electron chi connectivity index (χ0n) is 18.3. The third kappa shape index (κ3) is 6.82. The van der Waals surface area contributed by atoms with Crippen molar-refractivity contribution < 1.29 is 23.2 Å². The van der Waals surface area contributed by atoms with Crippen molar-refractivity contribution >= 4 is 33.0 Å². The molecule has 2 unspecified atom stereocenters. The van der Waals surface area contributed by atoms with Gasteiger partial charge < -0.3 is 19.1 Å². The summed E-state index contributed by atoms with van der Waals surface area (Å²) >= 11 is 3.47. The van der Waals surface area contributed by atoms with E-state index in [4.69, 9.17) is 14.2 Å². The second kappa shape index (κ2) is 10.2. The van der Waals surface area contributed by atoms with Crippen LogP contribution < -0.4 is 4.74 Å². The number of rotatable bonds is 6. The molecule has 0 spiro atoms. The van der Waals surface area contributed by atoms with Gasteiger partial charge >= 0.3 is 6.09 Å². The highest BCUT2D eigenvalue weighted by Gasteiger charge is 2.21. The predicted octanol–water partition coefficient (Wildman–Crippen LogP) is 5.09. The molecule has 1 aromatic heterocycles. The lowest BCUT2D eigenvalue weighted by Crippen LogP contribution is -2.33. The highest BCUT2D eigenvalue weighted by molar-refractivity contribution is 9.10. The van der Waals surface area contributed by atoms with Crippen LogP contribution in [0.15, 0.2) is 46.0 Å². The molecule has 1 amide bonds. The van der Waals surface area contributed by atoms with E-state index in [1.807, 2.05) is 39.0 Å². The molecule has 0 radical (unpaired) electrons. The first-order chi connectivity index (χ1) is 14.6. The number of hydrogen-bond donors (Lipinski definition) is 0. The van der Waals surface area contributed by atoms with Crippen LogP contribution in [-0.4, -0.2) is 44.7 Å². The van der Waals surface area contributed by atoms with Crippen molar-refractivity contribution in [3.8, 4) is 5.75 Å². The van der Waals surface area contributed by atoms with Gasteiger partial charge in [-0.05, 0) is 79.4 Å². The summed E-state index contributed by atoms with van der Waals surface area (Å²) in [7, 11) is 0.190. The van der Waals surface area contributed by atoms with E-state index in [2.05, 4.69) is 15.9 Å². The van der Waals surface area contributed by atoms with E-state index < -0.39 is 22.7 Å². The minimum atomic E-state index is -1.48. The molecule has 2 aromatic rings. The number of hydrogen-bond acceptors (Lipinski definition) is 5. The van der Waals surface area contributed by atoms with E-state index in [1.54, 1.807) is 29.3 Å². The van der Waals surface area contributed by atoms with E-state index in [9.17, 15) is 9.00 Å². The van der Waals surface area contributed by atoms with Gasteiger partial charge in [-0.2, -0.15) is 0 Å². The molecular weight excluding hydrogens is 484 g/mol. The lowest BCUT2D eigenvalue weighted by Gasteiger charge is -2.24. The summed E-state index contributed by atoms with van der Waals surface area (Å²) in [6.07, 6.45) is 4.08. The molecule has 1 aliphatic rings. The highest BCUT2D eigenvalue weighted by Crippen LogP contribution is 2.25. The summed E-state index contributed by atoms with van der Waals surface area (Å²) in [5.74, 6) is 0.630. The van der Waals surface area contributed by atoms with Crippen molar-refractivity contribution in [2.24, 2.45) is 0 Å². The van der Waals surface area contributed by atoms with Crippen LogP contribution in [0.4, 0.5) is 4.79 Å². The maximum atomic E-state index is 13.2. The van der Waals surface area contributed by atoms with Crippen LogP contribution >= 0.6 is 15.9 Å². The van der Waals surface area contributed by atoms with Gasteiger partial charge in [-0.3, -0.25) is 3.97 Å². The molecule has 0 saturated carbocycles. The van der Waals surface area contributed by atoms with Gasteiger partial charge in [0.1, 0.15) is 11.4 Å². The van der Waals surface area contributed by atoms with Crippen molar-refractivity contribution in [2.45, 2.75) is 63.4 Å². The minimum Gasteiger partial charge on any atom is -0.465 e. The summed E-state index contributed by atoms with van der Waals surface area (Å²) < 4.78 is 32.4. The Bertz CT molecular complexity index is 934. The largest absolute Gasteiger partial charge is 0.465 e. The van der Waals surface area contributed by atoms with Crippen molar-refractivity contribution in [3.05, 3.63) is 46.7 Å². The second-order valence-corrected chi connectivity index (χ2v) is 10.6. The standard InChI is InChI=1S/C22H29BrN2O5S/c1-22(2,3)30-21(26)24(4)14-16-12-19(23)25(15-16)31(27)18-9-7-8-17(13-18)29-20-10-5-6-11-28-20/h7-9,12-13,15,20H,5-6,10-11,14H2,1-4H3. The van der Waals surface area contributed by atoms with Gasteiger partial charge in [0.15, 0.2) is 17.3 Å². The summed E-state index contributed by atoms with van der Waals surface area (Å²) in [6, 6.07) is 9.07. The predicted molar refractivity (Wildman–Crippen MR) is 122 cm³/mol. The van der Waals surface area contributed by atoms with E-state index in [0.717, 1.165) is 24.8 Å². The lowest BCUT2D eigenvalue weighted by molar-refractivity contribution is -0.106. The summed E-state index contributed by atoms with van der Waals surface area (Å²) in [4.78, 5) is 14.3. The molecule has 0 N–H and O–H groups in total. The van der Waals surface area contributed by atoms with Gasteiger partial charge in [-0.1, -0.05) is 6.07 Å². The normalized spacial score (nSPS) is 17.8. The van der Waals surface area contributed by atoms with Crippen LogP contribution in [-0.2, 0) is 27.0 Å². The van der Waals surface area contributed by atoms with Gasteiger partial charge in [0.2, 0.25) is 0 Å². The Hall–Kier alpha value is -1.84. The maximum Gasteiger partial charge on any atom is 0.410 e. The Morgan fingerprint density at radius 1 is 1.32 bits per heavy atom. The molecule has 170 valence electrons. The van der Waals surface area contributed by atoms with Gasteiger partial charge in [0.05, 0.1) is 22.7 Å². The molecule has 2 atom stereocenters. The molecule has 1 aromatic carbocycles. The molecule has 9 heteroatoms. The van der Waals surface area contributed by atoms with Crippen LogP contribution in [0.1, 0.15) is 45.6 Å². The van der Waals surface area contributed by atoms with Crippen LogP contribution in [0, 0.1) is 0 Å². The topological polar surface area (TPSA) is 70.0 Å². The van der Waals surface area contributed by atoms with Crippen molar-refractivity contribution in [1.82, 2.24) is 8.87 Å². The number of aromatic nitrogens is 1. The van der Waals surface area contributed by atoms with Crippen molar-refractivity contribution in [3.63, 3.8) is 0 Å².